The molecule has 0 amide bonds. The first-order valence-corrected chi connectivity index (χ1v) is 6.66. The third kappa shape index (κ3) is 6.05. The Morgan fingerprint density at radius 1 is 1.00 bits per heavy atom. The Bertz CT molecular complexity index is 149. The molecular weight excluding hydrogens is 176 g/mol. The van der Waals surface area contributed by atoms with E-state index in [1.807, 2.05) is 0 Å². The van der Waals surface area contributed by atoms with Crippen molar-refractivity contribution in [1.29, 1.82) is 0 Å². The quantitative estimate of drug-likeness (QED) is 0.620. The van der Waals surface area contributed by atoms with Crippen LogP contribution in [0.25, 0.3) is 0 Å². The highest BCUT2D eigenvalue weighted by Crippen LogP contribution is 2.18. The molecule has 0 heterocycles. The summed E-state index contributed by atoms with van der Waals surface area (Å²) in [6.07, 6.45) is 0.392. The number of allylic oxidation sites excluding steroid dienone is 1. The second-order valence-corrected chi connectivity index (χ2v) is 5.47. The highest BCUT2D eigenvalue weighted by molar-refractivity contribution is 6.34. The molecular formula is C11H24OSi. The van der Waals surface area contributed by atoms with Gasteiger partial charge in [0.05, 0.1) is 0 Å². The standard InChI is InChI=1S/C11H24OSi/c1-8(2)11(9(3)4)7-13-12-10(5)6/h7-10H,13H2,1-6H3. The minimum absolute atomic E-state index is 0.392. The zero-order valence-electron chi connectivity index (χ0n) is 9.92. The Balaban J connectivity index is 4.05. The van der Waals surface area contributed by atoms with E-state index in [0.29, 0.717) is 17.9 Å². The van der Waals surface area contributed by atoms with Gasteiger partial charge in [-0.2, -0.15) is 0 Å². The van der Waals surface area contributed by atoms with Crippen LogP contribution in [-0.2, 0) is 4.43 Å². The number of hydrogen-bond donors (Lipinski definition) is 0. The maximum Gasteiger partial charge on any atom is 0.185 e. The van der Waals surface area contributed by atoms with Gasteiger partial charge in [0.2, 0.25) is 0 Å². The SMILES string of the molecule is CC(C)O[SiH2]C=C(C(C)C)C(C)C. The predicted molar refractivity (Wildman–Crippen MR) is 62.5 cm³/mol. The summed E-state index contributed by atoms with van der Waals surface area (Å²) >= 11 is 0. The molecule has 0 saturated carbocycles. The van der Waals surface area contributed by atoms with Gasteiger partial charge >= 0.3 is 0 Å². The monoisotopic (exact) mass is 200 g/mol. The highest BCUT2D eigenvalue weighted by Gasteiger charge is 2.07. The lowest BCUT2D eigenvalue weighted by Gasteiger charge is -2.16. The fraction of sp³-hybridized carbons (Fsp3) is 0.818. The van der Waals surface area contributed by atoms with Crippen LogP contribution in [0, 0.1) is 11.8 Å². The highest BCUT2D eigenvalue weighted by atomic mass is 28.2. The molecule has 0 rings (SSSR count). The van der Waals surface area contributed by atoms with Crippen LogP contribution < -0.4 is 0 Å². The Morgan fingerprint density at radius 3 is 1.77 bits per heavy atom. The van der Waals surface area contributed by atoms with Gasteiger partial charge < -0.3 is 4.43 Å². The Kier molecular flexibility index (Phi) is 6.34. The molecule has 0 unspecified atom stereocenters. The van der Waals surface area contributed by atoms with E-state index in [0.717, 1.165) is 0 Å². The van der Waals surface area contributed by atoms with Crippen LogP contribution in [0.15, 0.2) is 11.3 Å². The van der Waals surface area contributed by atoms with Crippen LogP contribution in [0.5, 0.6) is 0 Å². The van der Waals surface area contributed by atoms with Crippen LogP contribution in [0.3, 0.4) is 0 Å². The van der Waals surface area contributed by atoms with E-state index in [2.05, 4.69) is 47.2 Å². The minimum atomic E-state index is -0.431. The van der Waals surface area contributed by atoms with E-state index < -0.39 is 9.76 Å². The van der Waals surface area contributed by atoms with E-state index >= 15 is 0 Å². The molecule has 0 fully saturated rings. The first kappa shape index (κ1) is 12.9. The normalized spacial score (nSPS) is 12.4. The number of rotatable bonds is 5. The van der Waals surface area contributed by atoms with Crippen molar-refractivity contribution in [2.24, 2.45) is 11.8 Å². The second kappa shape index (κ2) is 6.38. The summed E-state index contributed by atoms with van der Waals surface area (Å²) in [5, 5.41) is 0. The van der Waals surface area contributed by atoms with Crippen LogP contribution in [0.2, 0.25) is 0 Å². The molecule has 0 N–H and O–H groups in total. The van der Waals surface area contributed by atoms with Gasteiger partial charge in [-0.3, -0.25) is 0 Å². The first-order valence-electron chi connectivity index (χ1n) is 5.26. The van der Waals surface area contributed by atoms with E-state index in [1.54, 1.807) is 5.57 Å². The summed E-state index contributed by atoms with van der Waals surface area (Å²) in [5.74, 6) is 1.34. The molecule has 1 nitrogen and oxygen atoms in total. The van der Waals surface area contributed by atoms with Crippen LogP contribution in [0.4, 0.5) is 0 Å². The summed E-state index contributed by atoms with van der Waals surface area (Å²) in [4.78, 5) is 0. The van der Waals surface area contributed by atoms with Crippen LogP contribution >= 0.6 is 0 Å². The zero-order chi connectivity index (χ0) is 10.4. The van der Waals surface area contributed by atoms with Gasteiger partial charge in [-0.15, -0.1) is 0 Å². The van der Waals surface area contributed by atoms with Gasteiger partial charge in [-0.25, -0.2) is 0 Å². The minimum Gasteiger partial charge on any atom is -0.417 e. The molecule has 0 saturated heterocycles. The summed E-state index contributed by atoms with van der Waals surface area (Å²) in [7, 11) is -0.431. The van der Waals surface area contributed by atoms with Crippen molar-refractivity contribution in [3.8, 4) is 0 Å². The van der Waals surface area contributed by atoms with Gasteiger partial charge in [0.15, 0.2) is 9.76 Å². The topological polar surface area (TPSA) is 9.23 Å². The lowest BCUT2D eigenvalue weighted by molar-refractivity contribution is 0.260. The van der Waals surface area contributed by atoms with Gasteiger partial charge in [0, 0.05) is 6.10 Å². The molecule has 0 aromatic carbocycles. The van der Waals surface area contributed by atoms with Crippen molar-refractivity contribution in [2.45, 2.75) is 47.6 Å². The van der Waals surface area contributed by atoms with Crippen molar-refractivity contribution < 1.29 is 4.43 Å². The molecule has 0 aromatic heterocycles. The largest absolute Gasteiger partial charge is 0.417 e. The van der Waals surface area contributed by atoms with Crippen molar-refractivity contribution in [3.63, 3.8) is 0 Å². The van der Waals surface area contributed by atoms with Crippen LogP contribution in [0.1, 0.15) is 41.5 Å². The molecule has 2 heteroatoms. The molecule has 0 aliphatic heterocycles. The Labute approximate surface area is 85.5 Å². The summed E-state index contributed by atoms with van der Waals surface area (Å²) in [6, 6.07) is 0. The lowest BCUT2D eigenvalue weighted by atomic mass is 9.95. The maximum atomic E-state index is 5.64. The van der Waals surface area contributed by atoms with Gasteiger partial charge in [-0.05, 0) is 25.7 Å². The molecule has 0 atom stereocenters. The van der Waals surface area contributed by atoms with Gasteiger partial charge in [0.1, 0.15) is 0 Å². The first-order chi connectivity index (χ1) is 5.95. The Morgan fingerprint density at radius 2 is 1.46 bits per heavy atom. The van der Waals surface area contributed by atoms with Gasteiger partial charge in [0.25, 0.3) is 0 Å². The molecule has 0 bridgehead atoms. The molecule has 0 aliphatic carbocycles. The second-order valence-electron chi connectivity index (χ2n) is 4.40. The van der Waals surface area contributed by atoms with E-state index in [4.69, 9.17) is 4.43 Å². The van der Waals surface area contributed by atoms with E-state index in [1.165, 1.54) is 0 Å². The summed E-state index contributed by atoms with van der Waals surface area (Å²) in [5.41, 5.74) is 3.93. The Hall–Kier alpha value is -0.0831. The molecule has 0 spiro atoms. The zero-order valence-corrected chi connectivity index (χ0v) is 11.3. The van der Waals surface area contributed by atoms with Crippen molar-refractivity contribution in [1.82, 2.24) is 0 Å². The predicted octanol–water partition coefficient (Wildman–Crippen LogP) is 2.69. The summed E-state index contributed by atoms with van der Waals surface area (Å²) in [6.45, 7) is 13.2. The van der Waals surface area contributed by atoms with Crippen molar-refractivity contribution in [2.75, 3.05) is 0 Å². The van der Waals surface area contributed by atoms with Crippen molar-refractivity contribution >= 4 is 9.76 Å². The lowest BCUT2D eigenvalue weighted by Crippen LogP contribution is -2.09. The molecule has 0 aromatic rings. The molecule has 78 valence electrons. The average molecular weight is 200 g/mol. The summed E-state index contributed by atoms with van der Waals surface area (Å²) < 4.78 is 5.64. The maximum absolute atomic E-state index is 5.64. The average Bonchev–Trinajstić information content (AvgIpc) is 1.95. The van der Waals surface area contributed by atoms with Gasteiger partial charge in [-0.1, -0.05) is 39.0 Å². The molecule has 13 heavy (non-hydrogen) atoms. The fourth-order valence-electron chi connectivity index (χ4n) is 1.47. The molecule has 0 aliphatic rings. The van der Waals surface area contributed by atoms with Crippen molar-refractivity contribution in [3.05, 3.63) is 11.3 Å². The third-order valence-electron chi connectivity index (χ3n) is 2.08. The van der Waals surface area contributed by atoms with Crippen LogP contribution in [-0.4, -0.2) is 15.9 Å². The third-order valence-corrected chi connectivity index (χ3v) is 3.58. The van der Waals surface area contributed by atoms with E-state index in [9.17, 15) is 0 Å². The van der Waals surface area contributed by atoms with E-state index in [-0.39, 0.29) is 0 Å². The number of hydrogen-bond acceptors (Lipinski definition) is 1. The smallest absolute Gasteiger partial charge is 0.185 e. The molecule has 0 radical (unpaired) electrons. The fourth-order valence-corrected chi connectivity index (χ4v) is 3.09.